The predicted molar refractivity (Wildman–Crippen MR) is 213 cm³/mol. The van der Waals surface area contributed by atoms with Crippen LogP contribution in [0.2, 0.25) is 0 Å². The second-order valence-electron chi connectivity index (χ2n) is 13.7. The fourth-order valence-electron chi connectivity index (χ4n) is 8.27. The molecule has 1 saturated carbocycles. The van der Waals surface area contributed by atoms with E-state index in [9.17, 15) is 0 Å². The normalized spacial score (nSPS) is 14.0. The van der Waals surface area contributed by atoms with Gasteiger partial charge in [-0.15, -0.1) is 0 Å². The van der Waals surface area contributed by atoms with Gasteiger partial charge in [-0.3, -0.25) is 0 Å². The lowest BCUT2D eigenvalue weighted by atomic mass is 9.65. The summed E-state index contributed by atoms with van der Waals surface area (Å²) in [6, 6.07) is 65.5. The third-order valence-corrected chi connectivity index (χ3v) is 10.7. The molecule has 51 heavy (non-hydrogen) atoms. The molecule has 0 radical (unpaired) electrons. The Morgan fingerprint density at radius 2 is 0.824 bits per heavy atom. The van der Waals surface area contributed by atoms with Gasteiger partial charge in [0.2, 0.25) is 0 Å². The number of hydrogen-bond donors (Lipinski definition) is 0. The van der Waals surface area contributed by atoms with Crippen LogP contribution in [0.25, 0.3) is 21.9 Å². The van der Waals surface area contributed by atoms with E-state index in [0.717, 1.165) is 68.9 Å². The maximum absolute atomic E-state index is 6.54. The predicted octanol–water partition coefficient (Wildman–Crippen LogP) is 13.8. The minimum Gasteiger partial charge on any atom is -0.454 e. The van der Waals surface area contributed by atoms with E-state index in [2.05, 4.69) is 186 Å². The molecule has 7 aromatic carbocycles. The molecule has 1 aliphatic carbocycles. The molecule has 0 saturated heterocycles. The molecule has 0 atom stereocenters. The van der Waals surface area contributed by atoms with Crippen LogP contribution in [0.15, 0.2) is 186 Å². The minimum atomic E-state index is -0.0318. The number of rotatable bonds is 8. The largest absolute Gasteiger partial charge is 0.454 e. The molecule has 3 heteroatoms. The number of anilines is 6. The van der Waals surface area contributed by atoms with Gasteiger partial charge in [-0.2, -0.15) is 0 Å². The summed E-state index contributed by atoms with van der Waals surface area (Å²) >= 11 is 0. The lowest BCUT2D eigenvalue weighted by Crippen LogP contribution is -2.30. The monoisotopic (exact) mass is 660 g/mol. The first kappa shape index (κ1) is 31.0. The first-order chi connectivity index (χ1) is 25.3. The summed E-state index contributed by atoms with van der Waals surface area (Å²) in [5, 5.41) is 2.27. The zero-order valence-corrected chi connectivity index (χ0v) is 28.7. The number of benzene rings is 7. The van der Waals surface area contributed by atoms with Crippen LogP contribution in [0, 0.1) is 0 Å². The van der Waals surface area contributed by atoms with Gasteiger partial charge in [0.15, 0.2) is 5.58 Å². The Hall–Kier alpha value is -6.06. The van der Waals surface area contributed by atoms with E-state index in [1.807, 2.05) is 6.07 Å². The molecule has 0 amide bonds. The first-order valence-electron chi connectivity index (χ1n) is 18.2. The average molecular weight is 661 g/mol. The standard InChI is InChI=1S/C48H40N2O/c1-5-16-38(17-6-1)49(39-18-7-2-8-19-39)41-30-26-36(27-31-41)48(34-13-4-14-35-48)37-28-32-42(33-29-37)50(40-20-9-3-10-21-40)45-24-15-23-44-43-22-11-12-25-46(43)51-47(44)45/h1-3,5-12,15-33H,4,13-14,34-35H2. The van der Waals surface area contributed by atoms with Crippen molar-refractivity contribution in [1.82, 2.24) is 0 Å². The number of hydrogen-bond acceptors (Lipinski definition) is 3. The molecule has 0 aliphatic heterocycles. The van der Waals surface area contributed by atoms with E-state index in [1.54, 1.807) is 0 Å². The molecule has 1 aromatic heterocycles. The Balaban J connectivity index is 1.11. The summed E-state index contributed by atoms with van der Waals surface area (Å²) in [5.74, 6) is 0. The summed E-state index contributed by atoms with van der Waals surface area (Å²) < 4.78 is 6.54. The SMILES string of the molecule is c1ccc(N(c2ccccc2)c2ccc(C3(c4ccc(N(c5ccccc5)c5cccc6c5oc5ccccc56)cc4)CCCCC3)cc2)cc1. The van der Waals surface area contributed by atoms with Crippen molar-refractivity contribution in [3.05, 3.63) is 193 Å². The topological polar surface area (TPSA) is 19.6 Å². The van der Waals surface area contributed by atoms with Crippen LogP contribution < -0.4 is 9.80 Å². The van der Waals surface area contributed by atoms with Gasteiger partial charge in [0.25, 0.3) is 0 Å². The van der Waals surface area contributed by atoms with Crippen LogP contribution in [0.3, 0.4) is 0 Å². The Morgan fingerprint density at radius 3 is 1.39 bits per heavy atom. The lowest BCUT2D eigenvalue weighted by molar-refractivity contribution is 0.346. The third-order valence-electron chi connectivity index (χ3n) is 10.7. The van der Waals surface area contributed by atoms with E-state index in [4.69, 9.17) is 4.42 Å². The average Bonchev–Trinajstić information content (AvgIpc) is 3.60. The molecular weight excluding hydrogens is 621 g/mol. The quantitative estimate of drug-likeness (QED) is 0.162. The van der Waals surface area contributed by atoms with E-state index >= 15 is 0 Å². The highest BCUT2D eigenvalue weighted by molar-refractivity contribution is 6.10. The van der Waals surface area contributed by atoms with Gasteiger partial charge in [0.05, 0.1) is 5.69 Å². The van der Waals surface area contributed by atoms with Crippen LogP contribution in [0.4, 0.5) is 34.1 Å². The number of fused-ring (bicyclic) bond motifs is 3. The van der Waals surface area contributed by atoms with Crippen LogP contribution in [-0.2, 0) is 5.41 Å². The summed E-state index contributed by atoms with van der Waals surface area (Å²) in [5.41, 5.74) is 11.3. The summed E-state index contributed by atoms with van der Waals surface area (Å²) in [6.07, 6.45) is 6.04. The molecule has 9 rings (SSSR count). The highest BCUT2D eigenvalue weighted by Crippen LogP contribution is 2.48. The van der Waals surface area contributed by atoms with Gasteiger partial charge in [-0.05, 0) is 96.8 Å². The van der Waals surface area contributed by atoms with Crippen molar-refractivity contribution in [2.75, 3.05) is 9.80 Å². The van der Waals surface area contributed by atoms with Gasteiger partial charge in [0, 0.05) is 44.6 Å². The molecular formula is C48H40N2O. The van der Waals surface area contributed by atoms with Crippen molar-refractivity contribution in [2.45, 2.75) is 37.5 Å². The number of para-hydroxylation sites is 5. The molecule has 3 nitrogen and oxygen atoms in total. The van der Waals surface area contributed by atoms with Crippen molar-refractivity contribution in [1.29, 1.82) is 0 Å². The smallest absolute Gasteiger partial charge is 0.159 e. The van der Waals surface area contributed by atoms with Crippen LogP contribution in [0.5, 0.6) is 0 Å². The molecule has 1 heterocycles. The van der Waals surface area contributed by atoms with E-state index in [1.165, 1.54) is 30.4 Å². The molecule has 1 fully saturated rings. The van der Waals surface area contributed by atoms with Crippen molar-refractivity contribution in [2.24, 2.45) is 0 Å². The summed E-state index contributed by atoms with van der Waals surface area (Å²) in [6.45, 7) is 0. The fourth-order valence-corrected chi connectivity index (χ4v) is 8.27. The van der Waals surface area contributed by atoms with Crippen LogP contribution >= 0.6 is 0 Å². The first-order valence-corrected chi connectivity index (χ1v) is 18.2. The van der Waals surface area contributed by atoms with Crippen LogP contribution in [-0.4, -0.2) is 0 Å². The van der Waals surface area contributed by atoms with Crippen LogP contribution in [0.1, 0.15) is 43.2 Å². The molecule has 0 unspecified atom stereocenters. The van der Waals surface area contributed by atoms with Crippen molar-refractivity contribution >= 4 is 56.1 Å². The van der Waals surface area contributed by atoms with Gasteiger partial charge >= 0.3 is 0 Å². The van der Waals surface area contributed by atoms with Crippen molar-refractivity contribution in [3.63, 3.8) is 0 Å². The zero-order chi connectivity index (χ0) is 34.0. The van der Waals surface area contributed by atoms with Gasteiger partial charge < -0.3 is 14.2 Å². The minimum absolute atomic E-state index is 0.0318. The summed E-state index contributed by atoms with van der Waals surface area (Å²) in [4.78, 5) is 4.67. The van der Waals surface area contributed by atoms with E-state index < -0.39 is 0 Å². The van der Waals surface area contributed by atoms with Crippen molar-refractivity contribution < 1.29 is 4.42 Å². The Kier molecular flexibility index (Phi) is 8.10. The Morgan fingerprint density at radius 1 is 0.373 bits per heavy atom. The Labute approximate surface area is 300 Å². The molecule has 0 spiro atoms. The number of furan rings is 1. The fraction of sp³-hybridized carbons (Fsp3) is 0.125. The maximum Gasteiger partial charge on any atom is 0.159 e. The lowest BCUT2D eigenvalue weighted by Gasteiger charge is -2.39. The second-order valence-corrected chi connectivity index (χ2v) is 13.7. The van der Waals surface area contributed by atoms with Gasteiger partial charge in [-0.1, -0.05) is 128 Å². The van der Waals surface area contributed by atoms with Crippen molar-refractivity contribution in [3.8, 4) is 0 Å². The summed E-state index contributed by atoms with van der Waals surface area (Å²) in [7, 11) is 0. The second kappa shape index (κ2) is 13.3. The molecule has 8 aromatic rings. The van der Waals surface area contributed by atoms with E-state index in [0.29, 0.717) is 0 Å². The maximum atomic E-state index is 6.54. The third kappa shape index (κ3) is 5.65. The molecule has 0 bridgehead atoms. The van der Waals surface area contributed by atoms with E-state index in [-0.39, 0.29) is 5.41 Å². The zero-order valence-electron chi connectivity index (χ0n) is 28.7. The Bertz CT molecular complexity index is 2340. The number of nitrogens with zero attached hydrogens (tertiary/aromatic N) is 2. The highest BCUT2D eigenvalue weighted by atomic mass is 16.3. The van der Waals surface area contributed by atoms with Gasteiger partial charge in [-0.25, -0.2) is 0 Å². The molecule has 0 N–H and O–H groups in total. The van der Waals surface area contributed by atoms with Gasteiger partial charge in [0.1, 0.15) is 5.58 Å². The highest BCUT2D eigenvalue weighted by Gasteiger charge is 2.36. The molecule has 1 aliphatic rings. The molecule has 248 valence electrons.